The van der Waals surface area contributed by atoms with Crippen LogP contribution in [0.5, 0.6) is 0 Å². The minimum atomic E-state index is 0. The molecule has 0 amide bonds. The van der Waals surface area contributed by atoms with Crippen molar-refractivity contribution in [3.8, 4) is 11.5 Å². The summed E-state index contributed by atoms with van der Waals surface area (Å²) in [5.41, 5.74) is 1.68. The van der Waals surface area contributed by atoms with Crippen LogP contribution in [-0.4, -0.2) is 28.4 Å². The summed E-state index contributed by atoms with van der Waals surface area (Å²) in [5.74, 6) is 1.89. The van der Waals surface area contributed by atoms with E-state index in [4.69, 9.17) is 9.05 Å². The molecule has 6 nitrogen and oxygen atoms in total. The molecule has 0 aromatic carbocycles. The molecule has 19 heavy (non-hydrogen) atoms. The highest BCUT2D eigenvalue weighted by Crippen LogP contribution is 2.26. The summed E-state index contributed by atoms with van der Waals surface area (Å²) < 4.78 is 10.5. The Labute approximate surface area is 118 Å². The van der Waals surface area contributed by atoms with Gasteiger partial charge in [0.05, 0.1) is 5.69 Å². The van der Waals surface area contributed by atoms with E-state index in [2.05, 4.69) is 27.5 Å². The largest absolute Gasteiger partial charge is 0.361 e. The average molecular weight is 287 g/mol. The van der Waals surface area contributed by atoms with Gasteiger partial charge in [-0.05, 0) is 27.3 Å². The van der Waals surface area contributed by atoms with Gasteiger partial charge in [-0.25, -0.2) is 0 Å². The fourth-order valence-electron chi connectivity index (χ4n) is 1.75. The summed E-state index contributed by atoms with van der Waals surface area (Å²) in [4.78, 5) is 4.39. The Balaban J connectivity index is 0.00000180. The van der Waals surface area contributed by atoms with Gasteiger partial charge in [0.25, 0.3) is 5.89 Å². The zero-order valence-corrected chi connectivity index (χ0v) is 12.4. The first-order valence-electron chi connectivity index (χ1n) is 6.11. The first-order chi connectivity index (χ1) is 8.65. The Hall–Kier alpha value is -1.40. The molecule has 2 heterocycles. The predicted molar refractivity (Wildman–Crippen MR) is 73.4 cm³/mol. The minimum absolute atomic E-state index is 0. The van der Waals surface area contributed by atoms with Crippen LogP contribution < -0.4 is 5.32 Å². The number of aromatic nitrogens is 3. The number of hydrogen-bond acceptors (Lipinski definition) is 6. The van der Waals surface area contributed by atoms with E-state index < -0.39 is 0 Å². The molecular weight excluding hydrogens is 268 g/mol. The van der Waals surface area contributed by atoms with Crippen molar-refractivity contribution < 1.29 is 9.05 Å². The zero-order valence-electron chi connectivity index (χ0n) is 11.6. The van der Waals surface area contributed by atoms with E-state index in [0.29, 0.717) is 23.5 Å². The maximum absolute atomic E-state index is 5.29. The van der Waals surface area contributed by atoms with Crippen molar-refractivity contribution in [1.29, 1.82) is 0 Å². The Morgan fingerprint density at radius 1 is 1.26 bits per heavy atom. The van der Waals surface area contributed by atoms with E-state index >= 15 is 0 Å². The van der Waals surface area contributed by atoms with Gasteiger partial charge in [-0.1, -0.05) is 17.2 Å². The lowest BCUT2D eigenvalue weighted by Crippen LogP contribution is -2.24. The first-order valence-corrected chi connectivity index (χ1v) is 6.11. The molecule has 0 radical (unpaired) electrons. The van der Waals surface area contributed by atoms with Gasteiger partial charge in [0.2, 0.25) is 0 Å². The quantitative estimate of drug-likeness (QED) is 0.908. The van der Waals surface area contributed by atoms with Gasteiger partial charge in [-0.15, -0.1) is 12.4 Å². The van der Waals surface area contributed by atoms with Crippen LogP contribution in [0.25, 0.3) is 11.5 Å². The molecule has 0 fully saturated rings. The number of aryl methyl sites for hydroxylation is 2. The number of nitrogens with zero attached hydrogens (tertiary/aromatic N) is 3. The highest BCUT2D eigenvalue weighted by atomic mass is 35.5. The molecule has 0 aliphatic heterocycles. The maximum atomic E-state index is 5.29. The van der Waals surface area contributed by atoms with Gasteiger partial charge < -0.3 is 14.4 Å². The van der Waals surface area contributed by atoms with E-state index in [1.165, 1.54) is 0 Å². The van der Waals surface area contributed by atoms with E-state index in [1.54, 1.807) is 0 Å². The van der Waals surface area contributed by atoms with E-state index in [-0.39, 0.29) is 12.4 Å². The van der Waals surface area contributed by atoms with Crippen molar-refractivity contribution in [3.05, 3.63) is 17.3 Å². The topological polar surface area (TPSA) is 77.0 Å². The molecule has 106 valence electrons. The number of likely N-dealkylation sites (N-methyl/N-ethyl adjacent to an activating group) is 1. The standard InChI is InChI=1S/C12H18N4O2.ClH/c1-5-9-11(8(3)17-15-9)12-14-10(16-18-12)6-7(2)13-4;/h7,13H,5-6H2,1-4H3;1H. The second-order valence-electron chi connectivity index (χ2n) is 4.32. The molecule has 2 rings (SSSR count). The molecule has 1 atom stereocenters. The third-order valence-electron chi connectivity index (χ3n) is 2.93. The summed E-state index contributed by atoms with van der Waals surface area (Å²) in [6.07, 6.45) is 1.50. The Bertz CT molecular complexity index is 524. The van der Waals surface area contributed by atoms with Crippen LogP contribution in [0.15, 0.2) is 9.05 Å². The fourth-order valence-corrected chi connectivity index (χ4v) is 1.75. The van der Waals surface area contributed by atoms with E-state index in [1.807, 2.05) is 20.9 Å². The van der Waals surface area contributed by atoms with Gasteiger partial charge in [-0.3, -0.25) is 0 Å². The van der Waals surface area contributed by atoms with Crippen LogP contribution in [0.1, 0.15) is 31.1 Å². The summed E-state index contributed by atoms with van der Waals surface area (Å²) >= 11 is 0. The third kappa shape index (κ3) is 3.33. The van der Waals surface area contributed by atoms with Crippen molar-refractivity contribution in [1.82, 2.24) is 20.6 Å². The molecule has 2 aromatic heterocycles. The predicted octanol–water partition coefficient (Wildman–Crippen LogP) is 2.17. The normalized spacial score (nSPS) is 12.2. The van der Waals surface area contributed by atoms with Crippen molar-refractivity contribution in [2.45, 2.75) is 39.7 Å². The molecule has 0 aliphatic rings. The van der Waals surface area contributed by atoms with Crippen molar-refractivity contribution in [2.75, 3.05) is 7.05 Å². The smallest absolute Gasteiger partial charge is 0.263 e. The van der Waals surface area contributed by atoms with Gasteiger partial charge in [0, 0.05) is 12.5 Å². The molecule has 0 aliphatic carbocycles. The fraction of sp³-hybridized carbons (Fsp3) is 0.583. The van der Waals surface area contributed by atoms with Crippen LogP contribution in [0, 0.1) is 6.92 Å². The lowest BCUT2D eigenvalue weighted by atomic mass is 10.1. The summed E-state index contributed by atoms with van der Waals surface area (Å²) in [6.45, 7) is 5.93. The molecular formula is C12H19ClN4O2. The van der Waals surface area contributed by atoms with Crippen molar-refractivity contribution in [3.63, 3.8) is 0 Å². The van der Waals surface area contributed by atoms with Crippen LogP contribution in [0.2, 0.25) is 0 Å². The first kappa shape index (κ1) is 15.7. The molecule has 7 heteroatoms. The number of hydrogen-bond donors (Lipinski definition) is 1. The van der Waals surface area contributed by atoms with Gasteiger partial charge in [0.15, 0.2) is 5.82 Å². The summed E-state index contributed by atoms with van der Waals surface area (Å²) in [5, 5.41) is 11.1. The minimum Gasteiger partial charge on any atom is -0.361 e. The molecule has 1 unspecified atom stereocenters. The number of halogens is 1. The monoisotopic (exact) mass is 286 g/mol. The third-order valence-corrected chi connectivity index (χ3v) is 2.93. The van der Waals surface area contributed by atoms with Crippen LogP contribution in [0.4, 0.5) is 0 Å². The number of rotatable bonds is 5. The highest BCUT2D eigenvalue weighted by molar-refractivity contribution is 5.85. The Kier molecular flexibility index (Phi) is 5.50. The Morgan fingerprint density at radius 2 is 2.00 bits per heavy atom. The lowest BCUT2D eigenvalue weighted by molar-refractivity contribution is 0.390. The average Bonchev–Trinajstić information content (AvgIpc) is 2.95. The second kappa shape index (κ2) is 6.68. The summed E-state index contributed by atoms with van der Waals surface area (Å²) in [7, 11) is 1.91. The Morgan fingerprint density at radius 3 is 2.63 bits per heavy atom. The molecule has 0 spiro atoms. The SMILES string of the molecule is CCc1noc(C)c1-c1nc(CC(C)NC)no1.Cl. The van der Waals surface area contributed by atoms with Crippen molar-refractivity contribution >= 4 is 12.4 Å². The van der Waals surface area contributed by atoms with E-state index in [9.17, 15) is 0 Å². The lowest BCUT2D eigenvalue weighted by Gasteiger charge is -2.04. The molecule has 2 aromatic rings. The number of nitrogens with one attached hydrogen (secondary N) is 1. The second-order valence-corrected chi connectivity index (χ2v) is 4.32. The van der Waals surface area contributed by atoms with Gasteiger partial charge in [-0.2, -0.15) is 4.98 Å². The van der Waals surface area contributed by atoms with Gasteiger partial charge in [0.1, 0.15) is 11.3 Å². The molecule has 0 saturated heterocycles. The molecule has 1 N–H and O–H groups in total. The molecule has 0 bridgehead atoms. The molecule has 0 saturated carbocycles. The van der Waals surface area contributed by atoms with E-state index in [0.717, 1.165) is 24.1 Å². The highest BCUT2D eigenvalue weighted by Gasteiger charge is 2.20. The zero-order chi connectivity index (χ0) is 13.1. The summed E-state index contributed by atoms with van der Waals surface area (Å²) in [6, 6.07) is 0.310. The maximum Gasteiger partial charge on any atom is 0.263 e. The van der Waals surface area contributed by atoms with Crippen LogP contribution >= 0.6 is 12.4 Å². The van der Waals surface area contributed by atoms with Crippen LogP contribution in [-0.2, 0) is 12.8 Å². The van der Waals surface area contributed by atoms with Gasteiger partial charge >= 0.3 is 0 Å². The van der Waals surface area contributed by atoms with Crippen LogP contribution in [0.3, 0.4) is 0 Å². The van der Waals surface area contributed by atoms with Crippen molar-refractivity contribution in [2.24, 2.45) is 0 Å².